The van der Waals surface area contributed by atoms with Gasteiger partial charge in [-0.05, 0) is 35.7 Å². The maximum Gasteiger partial charge on any atom is 0.281 e. The third-order valence-corrected chi connectivity index (χ3v) is 6.66. The van der Waals surface area contributed by atoms with Crippen molar-refractivity contribution in [2.24, 2.45) is 0 Å². The van der Waals surface area contributed by atoms with Crippen LogP contribution in [0.15, 0.2) is 82.1 Å². The van der Waals surface area contributed by atoms with E-state index in [4.69, 9.17) is 28.2 Å². The van der Waals surface area contributed by atoms with Gasteiger partial charge in [0.2, 0.25) is 0 Å². The molecule has 1 aromatic heterocycles. The average molecular weight is 493 g/mol. The number of fused-ring (bicyclic) bond motifs is 1. The summed E-state index contributed by atoms with van der Waals surface area (Å²) in [6.07, 6.45) is 1.59. The van der Waals surface area contributed by atoms with E-state index in [2.05, 4.69) is 0 Å². The molecule has 0 radical (unpaired) electrons. The van der Waals surface area contributed by atoms with Gasteiger partial charge in [-0.2, -0.15) is 0 Å². The Kier molecular flexibility index (Phi) is 5.49. The molecule has 1 fully saturated rings. The summed E-state index contributed by atoms with van der Waals surface area (Å²) in [5.41, 5.74) is 0.856. The van der Waals surface area contributed by atoms with Gasteiger partial charge in [-0.3, -0.25) is 19.8 Å². The molecule has 3 aromatic carbocycles. The second-order valence-electron chi connectivity index (χ2n) is 7.14. The van der Waals surface area contributed by atoms with Crippen LogP contribution in [0.5, 0.6) is 0 Å². The van der Waals surface area contributed by atoms with Crippen molar-refractivity contribution in [3.8, 4) is 11.3 Å². The molecule has 1 aliphatic heterocycles. The van der Waals surface area contributed by atoms with Crippen molar-refractivity contribution in [3.05, 3.63) is 98.6 Å². The molecule has 0 aliphatic carbocycles. The fourth-order valence-corrected chi connectivity index (χ4v) is 5.08. The Labute approximate surface area is 202 Å². The molecule has 1 amide bonds. The molecular weight excluding hydrogens is 480 g/mol. The maximum absolute atomic E-state index is 13.2. The van der Waals surface area contributed by atoms with Gasteiger partial charge >= 0.3 is 0 Å². The number of thioether (sulfide) groups is 1. The van der Waals surface area contributed by atoms with Gasteiger partial charge in [-0.25, -0.2) is 0 Å². The number of anilines is 1. The number of carbonyl (C=O) groups excluding carboxylic acids is 1. The number of hydrogen-bond acceptors (Lipinski definition) is 6. The molecule has 2 heterocycles. The second-order valence-corrected chi connectivity index (χ2v) is 9.25. The highest BCUT2D eigenvalue weighted by Gasteiger charge is 2.34. The van der Waals surface area contributed by atoms with Crippen LogP contribution in [0, 0.1) is 10.1 Å². The van der Waals surface area contributed by atoms with Crippen molar-refractivity contribution in [1.82, 2.24) is 0 Å². The first kappa shape index (κ1) is 21.4. The van der Waals surface area contributed by atoms with Crippen molar-refractivity contribution < 1.29 is 14.1 Å². The van der Waals surface area contributed by atoms with Gasteiger partial charge < -0.3 is 4.42 Å². The highest BCUT2D eigenvalue weighted by atomic mass is 35.5. The van der Waals surface area contributed by atoms with E-state index < -0.39 is 4.92 Å². The molecule has 33 heavy (non-hydrogen) atoms. The highest BCUT2D eigenvalue weighted by Crippen LogP contribution is 2.40. The number of nitro benzene ring substituents is 1. The van der Waals surface area contributed by atoms with Crippen LogP contribution in [0.4, 0.5) is 11.4 Å². The molecule has 0 N–H and O–H groups in total. The molecule has 6 nitrogen and oxygen atoms in total. The molecule has 5 rings (SSSR count). The normalized spacial score (nSPS) is 15.1. The zero-order valence-corrected chi connectivity index (χ0v) is 19.1. The van der Waals surface area contributed by atoms with Crippen LogP contribution in [-0.4, -0.2) is 15.2 Å². The Morgan fingerprint density at radius 2 is 1.85 bits per heavy atom. The quantitative estimate of drug-likeness (QED) is 0.131. The first-order chi connectivity index (χ1) is 15.9. The Morgan fingerprint density at radius 3 is 2.67 bits per heavy atom. The average Bonchev–Trinajstić information content (AvgIpc) is 3.37. The van der Waals surface area contributed by atoms with Crippen molar-refractivity contribution in [1.29, 1.82) is 0 Å². The van der Waals surface area contributed by atoms with Crippen LogP contribution in [0.1, 0.15) is 5.76 Å². The van der Waals surface area contributed by atoms with Crippen molar-refractivity contribution in [2.75, 3.05) is 4.90 Å². The van der Waals surface area contributed by atoms with Crippen LogP contribution in [0.2, 0.25) is 5.02 Å². The Hall–Kier alpha value is -3.46. The lowest BCUT2D eigenvalue weighted by molar-refractivity contribution is -0.384. The van der Waals surface area contributed by atoms with Gasteiger partial charge in [0.15, 0.2) is 4.32 Å². The molecule has 0 unspecified atom stereocenters. The first-order valence-electron chi connectivity index (χ1n) is 9.72. The number of nitro groups is 1. The number of thiocarbonyl (C=S) groups is 1. The van der Waals surface area contributed by atoms with Crippen LogP contribution in [0.3, 0.4) is 0 Å². The molecule has 1 aliphatic rings. The van der Waals surface area contributed by atoms with E-state index in [1.807, 2.05) is 42.5 Å². The summed E-state index contributed by atoms with van der Waals surface area (Å²) in [6, 6.07) is 21.1. The van der Waals surface area contributed by atoms with Gasteiger partial charge in [-0.1, -0.05) is 72.0 Å². The molecule has 9 heteroatoms. The maximum atomic E-state index is 13.2. The fourth-order valence-electron chi connectivity index (χ4n) is 3.65. The van der Waals surface area contributed by atoms with Crippen molar-refractivity contribution in [3.63, 3.8) is 0 Å². The predicted molar refractivity (Wildman–Crippen MR) is 135 cm³/mol. The number of nitrogens with zero attached hydrogens (tertiary/aromatic N) is 2. The summed E-state index contributed by atoms with van der Waals surface area (Å²) in [5, 5.41) is 13.6. The van der Waals surface area contributed by atoms with E-state index in [-0.39, 0.29) is 16.6 Å². The van der Waals surface area contributed by atoms with Gasteiger partial charge in [0.1, 0.15) is 11.5 Å². The summed E-state index contributed by atoms with van der Waals surface area (Å²) in [6.45, 7) is 0. The van der Waals surface area contributed by atoms with Crippen molar-refractivity contribution in [2.45, 2.75) is 0 Å². The number of rotatable bonds is 4. The minimum absolute atomic E-state index is 0.161. The van der Waals surface area contributed by atoms with Crippen LogP contribution >= 0.6 is 35.6 Å². The molecule has 1 saturated heterocycles. The van der Waals surface area contributed by atoms with E-state index in [9.17, 15) is 14.9 Å². The third kappa shape index (κ3) is 3.93. The summed E-state index contributed by atoms with van der Waals surface area (Å²) >= 11 is 12.6. The molecule has 162 valence electrons. The van der Waals surface area contributed by atoms with Gasteiger partial charge in [0.05, 0.1) is 21.1 Å². The molecular formula is C24H13ClN2O4S2. The smallest absolute Gasteiger partial charge is 0.281 e. The van der Waals surface area contributed by atoms with Gasteiger partial charge in [0.25, 0.3) is 11.6 Å². The Balaban J connectivity index is 1.49. The summed E-state index contributed by atoms with van der Waals surface area (Å²) in [5.74, 6) is 0.429. The van der Waals surface area contributed by atoms with Crippen LogP contribution < -0.4 is 4.90 Å². The topological polar surface area (TPSA) is 76.6 Å². The zero-order valence-electron chi connectivity index (χ0n) is 16.7. The van der Waals surface area contributed by atoms with E-state index in [1.165, 1.54) is 28.8 Å². The van der Waals surface area contributed by atoms with E-state index in [0.717, 1.165) is 16.5 Å². The van der Waals surface area contributed by atoms with Crippen LogP contribution in [-0.2, 0) is 4.79 Å². The monoisotopic (exact) mass is 492 g/mol. The van der Waals surface area contributed by atoms with Crippen LogP contribution in [0.25, 0.3) is 28.2 Å². The minimum atomic E-state index is -0.515. The SMILES string of the molecule is O=C1/C(=C/c2ccc(-c3ccc(Cl)cc3[N+](=O)[O-])o2)SC(=S)N1c1cccc2ccccc12. The number of amides is 1. The number of hydrogen-bond donors (Lipinski definition) is 0. The highest BCUT2D eigenvalue weighted by molar-refractivity contribution is 8.27. The minimum Gasteiger partial charge on any atom is -0.456 e. The standard InChI is InChI=1S/C24H13ClN2O4S2/c25-15-8-10-18(20(12-15)27(29)30)21-11-9-16(31-21)13-22-23(28)26(24(32)33-22)19-7-3-5-14-4-1-2-6-17(14)19/h1-13H/b22-13-. The third-order valence-electron chi connectivity index (χ3n) is 5.12. The van der Waals surface area contributed by atoms with Crippen molar-refractivity contribution >= 4 is 74.0 Å². The lowest BCUT2D eigenvalue weighted by atomic mass is 10.1. The molecule has 0 saturated carbocycles. The van der Waals surface area contributed by atoms with E-state index in [0.29, 0.717) is 26.3 Å². The van der Waals surface area contributed by atoms with Gasteiger partial charge in [-0.15, -0.1) is 0 Å². The first-order valence-corrected chi connectivity index (χ1v) is 11.3. The predicted octanol–water partition coefficient (Wildman–Crippen LogP) is 7.07. The summed E-state index contributed by atoms with van der Waals surface area (Å²) < 4.78 is 6.23. The molecule has 0 bridgehead atoms. The van der Waals surface area contributed by atoms with E-state index in [1.54, 1.807) is 24.3 Å². The number of benzene rings is 3. The molecule has 0 spiro atoms. The number of halogens is 1. The zero-order chi connectivity index (χ0) is 23.1. The lowest BCUT2D eigenvalue weighted by Gasteiger charge is -2.17. The second kappa shape index (κ2) is 8.47. The van der Waals surface area contributed by atoms with E-state index >= 15 is 0 Å². The fraction of sp³-hybridized carbons (Fsp3) is 0. The Morgan fingerprint density at radius 1 is 1.06 bits per heavy atom. The molecule has 0 atom stereocenters. The summed E-state index contributed by atoms with van der Waals surface area (Å²) in [7, 11) is 0. The largest absolute Gasteiger partial charge is 0.456 e. The molecule has 4 aromatic rings. The lowest BCUT2D eigenvalue weighted by Crippen LogP contribution is -2.27. The van der Waals surface area contributed by atoms with Gasteiger partial charge in [0, 0.05) is 22.6 Å². The Bertz CT molecular complexity index is 1490. The number of carbonyl (C=O) groups is 1. The number of furan rings is 1. The summed E-state index contributed by atoms with van der Waals surface area (Å²) in [4.78, 5) is 26.0.